The van der Waals surface area contributed by atoms with Gasteiger partial charge in [-0.1, -0.05) is 281 Å². The maximum Gasteiger partial charge on any atom is 0.306 e. The fraction of sp³-hybridized carbons (Fsp3) is 0.250. The number of hydrogen-bond acceptors (Lipinski definition) is 16. The third kappa shape index (κ3) is 37.3. The van der Waals surface area contributed by atoms with Crippen LogP contribution in [0.4, 0.5) is 0 Å². The van der Waals surface area contributed by atoms with Gasteiger partial charge in [-0.3, -0.25) is 38.4 Å². The average molecular weight is 1470 g/mol. The van der Waals surface area contributed by atoms with Crippen molar-refractivity contribution >= 4 is 118 Å². The van der Waals surface area contributed by atoms with E-state index in [1.165, 1.54) is 22.0 Å². The average Bonchev–Trinajstić information content (AvgIpc) is 0.881. The van der Waals surface area contributed by atoms with Crippen LogP contribution in [0, 0.1) is 11.8 Å². The van der Waals surface area contributed by atoms with E-state index in [0.717, 1.165) is 51.1 Å². The number of aliphatic hydroxyl groups excluding tert-OH is 2. The Bertz CT molecular complexity index is 3720. The predicted molar refractivity (Wildman–Crippen MR) is 427 cm³/mol. The van der Waals surface area contributed by atoms with Crippen LogP contribution >= 0.6 is 48.9 Å². The molecule has 18 nitrogen and oxygen atoms in total. The summed E-state index contributed by atoms with van der Waals surface area (Å²) in [5.74, 6) is -2.56. The fourth-order valence-corrected chi connectivity index (χ4v) is 9.20. The quantitative estimate of drug-likeness (QED) is 0.00784. The number of aliphatic carboxylic acids is 2. The van der Waals surface area contributed by atoms with Gasteiger partial charge < -0.3 is 51.2 Å². The number of hydrogen-bond donors (Lipinski definition) is 8. The highest BCUT2D eigenvalue weighted by molar-refractivity contribution is 7.79. The van der Waals surface area contributed by atoms with Crippen molar-refractivity contribution in [1.29, 1.82) is 0 Å². The van der Waals surface area contributed by atoms with E-state index in [4.69, 9.17) is 29.9 Å². The van der Waals surface area contributed by atoms with Crippen LogP contribution in [0.15, 0.2) is 218 Å². The molecule has 0 fully saturated rings. The van der Waals surface area contributed by atoms with Crippen molar-refractivity contribution in [2.75, 3.05) is 52.6 Å². The highest BCUT2D eigenvalue weighted by atomic mass is 32.1. The van der Waals surface area contributed by atoms with Crippen LogP contribution in [0.5, 0.6) is 0 Å². The number of Topliss-reactive ketones (excluding diaryl/α,β-unsaturated/α-hetero) is 4. The minimum absolute atomic E-state index is 0. The number of carbonyl (C=O) groups excluding carboxylic acids is 6. The normalized spacial score (nSPS) is 10.5. The van der Waals surface area contributed by atoms with Crippen LogP contribution in [-0.4, -0.2) is 142 Å². The molecule has 0 heterocycles. The first-order valence-electron chi connectivity index (χ1n) is 32.8. The van der Waals surface area contributed by atoms with E-state index >= 15 is 0 Å². The van der Waals surface area contributed by atoms with Crippen LogP contribution in [0.1, 0.15) is 112 Å². The van der Waals surface area contributed by atoms with Gasteiger partial charge in [0.25, 0.3) is 0 Å². The highest BCUT2D eigenvalue weighted by Crippen LogP contribution is 2.24. The first-order valence-corrected chi connectivity index (χ1v) is 34.6. The van der Waals surface area contributed by atoms with Gasteiger partial charge in [-0.15, -0.1) is 0 Å². The lowest BCUT2D eigenvalue weighted by molar-refractivity contribution is -0.145. The Labute approximate surface area is 624 Å². The molecule has 8 aromatic carbocycles. The standard InChI is InChI=1S/C21H23NO3S.C19H19NO3S.2C16H14O3.C5H11NOS.C3H7NOS.4H2/c1-16(13-22-15-26)14-25-21(24)12-11-20(23)19-9-7-18(8-10-19)17-5-3-2-4-6-17;21-18(10-11-19(22)23-13-12-20-14-24)17-8-6-16(7-9-17)15-4-2-1-3-5-15;2*17-15(10-11-16(18)19)14-8-6-13(7-9-14)12-4-2-1-3-5-12;1-5(3-7)2-6-4-8;5-2-1-4-3-6;;;;/h2-10,15-16H,11-14H2,1H3,(H,22,26);1-9,14H,10-13H2,(H,20,24);2*1-9H,10-11H2,(H,18,19);4-5,7H,2-3H2,1H3,(H,6,8);3,5H,1-2H2,(H,4,6);4*1H. The van der Waals surface area contributed by atoms with Crippen molar-refractivity contribution in [3.8, 4) is 44.5 Å². The number of ketones is 4. The minimum Gasteiger partial charge on any atom is -0.481 e. The maximum atomic E-state index is 12.2. The SMILES string of the molecule is CC(CNC=S)COC(=O)CCC(=O)c1ccc(-c2ccccc2)cc1.CC(CO)CNC=S.O=C(CCC(=O)c1ccc(-c2ccccc2)cc1)OCCNC=S.O=C(O)CCC(=O)c1ccc(-c2ccccc2)cc1.O=C(O)CCC(=O)c1ccc(-c2ccccc2)cc1.OCCNC=S.[HH].[HH].[HH].[HH]. The van der Waals surface area contributed by atoms with E-state index in [1.807, 2.05) is 184 Å². The largest absolute Gasteiger partial charge is 0.481 e. The molecule has 0 bridgehead atoms. The fourth-order valence-electron chi connectivity index (χ4n) is 8.77. The van der Waals surface area contributed by atoms with Crippen molar-refractivity contribution in [3.05, 3.63) is 241 Å². The number of thiocarbonyl (C=S) groups is 4. The summed E-state index contributed by atoms with van der Waals surface area (Å²) in [5, 5.41) is 44.8. The van der Waals surface area contributed by atoms with E-state index in [2.05, 4.69) is 70.1 Å². The molecule has 0 spiro atoms. The molecule has 8 rings (SSSR count). The van der Waals surface area contributed by atoms with E-state index in [9.17, 15) is 38.4 Å². The van der Waals surface area contributed by atoms with E-state index in [1.54, 1.807) is 48.5 Å². The number of nitrogens with one attached hydrogen (secondary N) is 4. The molecular formula is C80H96N4O14S4. The first kappa shape index (κ1) is 86.0. The molecule has 544 valence electrons. The van der Waals surface area contributed by atoms with Gasteiger partial charge in [0.1, 0.15) is 6.61 Å². The third-order valence-electron chi connectivity index (χ3n) is 14.4. The van der Waals surface area contributed by atoms with Crippen molar-refractivity contribution in [1.82, 2.24) is 21.3 Å². The van der Waals surface area contributed by atoms with Crippen LogP contribution in [0.25, 0.3) is 44.5 Å². The summed E-state index contributed by atoms with van der Waals surface area (Å²) in [6, 6.07) is 69.0. The molecule has 8 N–H and O–H groups in total. The van der Waals surface area contributed by atoms with Gasteiger partial charge in [-0.2, -0.15) is 0 Å². The van der Waals surface area contributed by atoms with E-state index < -0.39 is 11.9 Å². The number of rotatable bonds is 36. The zero-order valence-corrected chi connectivity index (χ0v) is 60.3. The number of ether oxygens (including phenoxy) is 2. The molecule has 0 amide bonds. The van der Waals surface area contributed by atoms with Crippen molar-refractivity contribution in [2.24, 2.45) is 11.8 Å². The summed E-state index contributed by atoms with van der Waals surface area (Å²) in [6.45, 7) is 7.28. The van der Waals surface area contributed by atoms with E-state index in [0.29, 0.717) is 54.4 Å². The van der Waals surface area contributed by atoms with Crippen LogP contribution in [-0.2, 0) is 28.7 Å². The van der Waals surface area contributed by atoms with Crippen molar-refractivity contribution < 1.29 is 74.0 Å². The van der Waals surface area contributed by atoms with Gasteiger partial charge in [0, 0.05) is 92.3 Å². The summed E-state index contributed by atoms with van der Waals surface area (Å²) in [4.78, 5) is 92.0. The summed E-state index contributed by atoms with van der Waals surface area (Å²) >= 11 is 18.1. The molecule has 0 saturated heterocycles. The van der Waals surface area contributed by atoms with E-state index in [-0.39, 0.29) is 118 Å². The van der Waals surface area contributed by atoms with Gasteiger partial charge in [0.15, 0.2) is 23.1 Å². The second-order valence-electron chi connectivity index (χ2n) is 22.5. The van der Waals surface area contributed by atoms with Crippen LogP contribution < -0.4 is 21.3 Å². The number of esters is 2. The number of benzene rings is 8. The molecule has 0 aromatic heterocycles. The Morgan fingerprint density at radius 2 is 0.618 bits per heavy atom. The molecule has 22 heteroatoms. The number of carboxylic acid groups (broad SMARTS) is 2. The lowest BCUT2D eigenvalue weighted by Gasteiger charge is -2.11. The lowest BCUT2D eigenvalue weighted by Crippen LogP contribution is -2.23. The molecule has 2 unspecified atom stereocenters. The highest BCUT2D eigenvalue weighted by Gasteiger charge is 2.15. The Hall–Kier alpha value is -10.2. The molecule has 0 aliphatic rings. The zero-order valence-electron chi connectivity index (χ0n) is 57.1. The lowest BCUT2D eigenvalue weighted by atomic mass is 10.0. The Morgan fingerprint density at radius 3 is 0.882 bits per heavy atom. The van der Waals surface area contributed by atoms with Crippen molar-refractivity contribution in [2.45, 2.75) is 65.2 Å². The van der Waals surface area contributed by atoms with Gasteiger partial charge in [0.05, 0.1) is 60.9 Å². The number of carboxylic acids is 2. The summed E-state index contributed by atoms with van der Waals surface area (Å²) in [6.07, 6.45) is 0.294. The summed E-state index contributed by atoms with van der Waals surface area (Å²) in [7, 11) is 0. The summed E-state index contributed by atoms with van der Waals surface area (Å²) in [5.41, 5.74) is 16.6. The van der Waals surface area contributed by atoms with Gasteiger partial charge in [-0.25, -0.2) is 0 Å². The Kier molecular flexibility index (Phi) is 44.5. The number of aliphatic hydroxyl groups is 2. The molecule has 2 atom stereocenters. The topological polar surface area (TPSA) is 284 Å². The molecule has 0 aliphatic heterocycles. The number of carbonyl (C=O) groups is 8. The third-order valence-corrected chi connectivity index (χ3v) is 15.0. The smallest absolute Gasteiger partial charge is 0.306 e. The Morgan fingerprint density at radius 1 is 0.353 bits per heavy atom. The predicted octanol–water partition coefficient (Wildman–Crippen LogP) is 14.9. The molecule has 102 heavy (non-hydrogen) atoms. The Balaban J connectivity index is 0. The zero-order chi connectivity index (χ0) is 74.5. The minimum atomic E-state index is -0.950. The van der Waals surface area contributed by atoms with Gasteiger partial charge in [0.2, 0.25) is 0 Å². The second kappa shape index (κ2) is 52.8. The van der Waals surface area contributed by atoms with Crippen LogP contribution in [0.2, 0.25) is 0 Å². The van der Waals surface area contributed by atoms with Crippen molar-refractivity contribution in [3.63, 3.8) is 0 Å². The first-order chi connectivity index (χ1) is 49.4. The van der Waals surface area contributed by atoms with Gasteiger partial charge in [-0.05, 0) is 50.4 Å². The monoisotopic (exact) mass is 1460 g/mol. The molecule has 8 aromatic rings. The maximum absolute atomic E-state index is 12.2. The second-order valence-corrected chi connectivity index (χ2v) is 23.4. The molecule has 0 saturated carbocycles. The molecule has 0 aliphatic carbocycles. The van der Waals surface area contributed by atoms with Crippen LogP contribution in [0.3, 0.4) is 0 Å². The molecule has 0 radical (unpaired) electrons. The molecular weight excluding hydrogens is 1370 g/mol. The summed E-state index contributed by atoms with van der Waals surface area (Å²) < 4.78 is 10.2. The van der Waals surface area contributed by atoms with Gasteiger partial charge >= 0.3 is 23.9 Å².